The van der Waals surface area contributed by atoms with Gasteiger partial charge in [-0.3, -0.25) is 9.59 Å². The van der Waals surface area contributed by atoms with Gasteiger partial charge in [-0.1, -0.05) is 0 Å². The van der Waals surface area contributed by atoms with Gasteiger partial charge in [0.2, 0.25) is 11.8 Å². The summed E-state index contributed by atoms with van der Waals surface area (Å²) in [5.74, 6) is -0.693. The summed E-state index contributed by atoms with van der Waals surface area (Å²) < 4.78 is 5.15. The van der Waals surface area contributed by atoms with Gasteiger partial charge in [-0.05, 0) is 19.3 Å². The molecule has 6 nitrogen and oxygen atoms in total. The van der Waals surface area contributed by atoms with Crippen LogP contribution >= 0.6 is 0 Å². The number of amides is 2. The second-order valence-electron chi connectivity index (χ2n) is 4.50. The molecule has 6 heteroatoms. The van der Waals surface area contributed by atoms with E-state index in [-0.39, 0.29) is 12.5 Å². The molecule has 90 valence electrons. The average Bonchev–Trinajstić information content (AvgIpc) is 2.25. The summed E-state index contributed by atoms with van der Waals surface area (Å²) >= 11 is 0. The van der Waals surface area contributed by atoms with E-state index in [0.29, 0.717) is 26.0 Å². The SMILES string of the molecule is NC(=O)C1COCCN1C(=O)C1(N)CCC1. The Morgan fingerprint density at radius 1 is 1.38 bits per heavy atom. The molecule has 2 rings (SSSR count). The lowest BCUT2D eigenvalue weighted by atomic mass is 9.76. The number of nitrogens with two attached hydrogens (primary N) is 2. The summed E-state index contributed by atoms with van der Waals surface area (Å²) in [6.45, 7) is 1.01. The molecule has 2 amide bonds. The van der Waals surface area contributed by atoms with Gasteiger partial charge in [-0.2, -0.15) is 0 Å². The Hall–Kier alpha value is -1.14. The van der Waals surface area contributed by atoms with E-state index in [1.807, 2.05) is 0 Å². The van der Waals surface area contributed by atoms with Crippen LogP contribution in [0, 0.1) is 0 Å². The first kappa shape index (κ1) is 11.3. The Balaban J connectivity index is 2.10. The van der Waals surface area contributed by atoms with Gasteiger partial charge in [0.05, 0.1) is 18.8 Å². The summed E-state index contributed by atoms with van der Waals surface area (Å²) in [5.41, 5.74) is 10.4. The van der Waals surface area contributed by atoms with Crippen LogP contribution < -0.4 is 11.5 Å². The third kappa shape index (κ3) is 1.78. The minimum Gasteiger partial charge on any atom is -0.377 e. The number of primary amides is 1. The van der Waals surface area contributed by atoms with Gasteiger partial charge in [0.25, 0.3) is 0 Å². The minimum atomic E-state index is -0.773. The normalized spacial score (nSPS) is 28.3. The number of nitrogens with zero attached hydrogens (tertiary/aromatic N) is 1. The lowest BCUT2D eigenvalue weighted by Crippen LogP contribution is -2.65. The Morgan fingerprint density at radius 2 is 2.06 bits per heavy atom. The van der Waals surface area contributed by atoms with E-state index in [1.54, 1.807) is 0 Å². The zero-order valence-electron chi connectivity index (χ0n) is 9.15. The quantitative estimate of drug-likeness (QED) is 0.605. The Morgan fingerprint density at radius 3 is 2.56 bits per heavy atom. The second kappa shape index (κ2) is 4.03. The first-order valence-corrected chi connectivity index (χ1v) is 5.52. The molecule has 1 unspecified atom stereocenters. The molecule has 2 fully saturated rings. The average molecular weight is 227 g/mol. The molecule has 0 radical (unpaired) electrons. The molecule has 4 N–H and O–H groups in total. The molecule has 16 heavy (non-hydrogen) atoms. The third-order valence-corrected chi connectivity index (χ3v) is 3.39. The van der Waals surface area contributed by atoms with Crippen LogP contribution in [0.5, 0.6) is 0 Å². The number of rotatable bonds is 2. The highest BCUT2D eigenvalue weighted by molar-refractivity contribution is 5.92. The molecule has 1 atom stereocenters. The lowest BCUT2D eigenvalue weighted by Gasteiger charge is -2.43. The van der Waals surface area contributed by atoms with Crippen LogP contribution in [-0.4, -0.2) is 48.1 Å². The van der Waals surface area contributed by atoms with Crippen molar-refractivity contribution in [2.45, 2.75) is 30.8 Å². The van der Waals surface area contributed by atoms with Gasteiger partial charge in [-0.25, -0.2) is 0 Å². The van der Waals surface area contributed by atoms with Crippen LogP contribution in [0.2, 0.25) is 0 Å². The molecular formula is C10H17N3O3. The predicted molar refractivity (Wildman–Crippen MR) is 56.3 cm³/mol. The van der Waals surface area contributed by atoms with Crippen LogP contribution in [0.25, 0.3) is 0 Å². The maximum absolute atomic E-state index is 12.2. The molecule has 1 saturated carbocycles. The highest BCUT2D eigenvalue weighted by Crippen LogP contribution is 2.31. The van der Waals surface area contributed by atoms with E-state index in [2.05, 4.69) is 0 Å². The van der Waals surface area contributed by atoms with Crippen molar-refractivity contribution in [3.63, 3.8) is 0 Å². The van der Waals surface area contributed by atoms with Gasteiger partial charge < -0.3 is 21.1 Å². The molecular weight excluding hydrogens is 210 g/mol. The fourth-order valence-corrected chi connectivity index (χ4v) is 2.14. The number of ether oxygens (including phenoxy) is 1. The van der Waals surface area contributed by atoms with Crippen molar-refractivity contribution in [3.05, 3.63) is 0 Å². The van der Waals surface area contributed by atoms with Crippen molar-refractivity contribution in [3.8, 4) is 0 Å². The summed E-state index contributed by atoms with van der Waals surface area (Å²) in [6, 6.07) is -0.665. The predicted octanol–water partition coefficient (Wildman–Crippen LogP) is -1.42. The zero-order chi connectivity index (χ0) is 11.8. The third-order valence-electron chi connectivity index (χ3n) is 3.39. The zero-order valence-corrected chi connectivity index (χ0v) is 9.15. The van der Waals surface area contributed by atoms with Gasteiger partial charge >= 0.3 is 0 Å². The van der Waals surface area contributed by atoms with Crippen LogP contribution in [0.15, 0.2) is 0 Å². The first-order chi connectivity index (χ1) is 7.54. The van der Waals surface area contributed by atoms with Crippen LogP contribution in [0.3, 0.4) is 0 Å². The number of morpholine rings is 1. The molecule has 1 saturated heterocycles. The summed E-state index contributed by atoms with van der Waals surface area (Å²) in [4.78, 5) is 24.8. The largest absolute Gasteiger partial charge is 0.377 e. The number of carbonyl (C=O) groups excluding carboxylic acids is 2. The Bertz CT molecular complexity index is 314. The summed E-state index contributed by atoms with van der Waals surface area (Å²) in [5, 5.41) is 0. The fraction of sp³-hybridized carbons (Fsp3) is 0.800. The van der Waals surface area contributed by atoms with Crippen LogP contribution in [0.4, 0.5) is 0 Å². The molecule has 2 aliphatic rings. The van der Waals surface area contributed by atoms with E-state index >= 15 is 0 Å². The molecule has 0 aromatic heterocycles. The smallest absolute Gasteiger partial charge is 0.243 e. The first-order valence-electron chi connectivity index (χ1n) is 5.52. The van der Waals surface area contributed by atoms with Gasteiger partial charge in [0, 0.05) is 6.54 Å². The minimum absolute atomic E-state index is 0.161. The molecule has 0 spiro atoms. The molecule has 0 aromatic rings. The van der Waals surface area contributed by atoms with Crippen molar-refractivity contribution in [2.24, 2.45) is 11.5 Å². The highest BCUT2D eigenvalue weighted by atomic mass is 16.5. The van der Waals surface area contributed by atoms with Crippen LogP contribution in [0.1, 0.15) is 19.3 Å². The molecule has 1 aliphatic carbocycles. The van der Waals surface area contributed by atoms with Crippen molar-refractivity contribution >= 4 is 11.8 Å². The standard InChI is InChI=1S/C10H17N3O3/c11-8(14)7-6-16-5-4-13(7)9(15)10(12)2-1-3-10/h7H,1-6,12H2,(H2,11,14). The topological polar surface area (TPSA) is 98.7 Å². The Kier molecular flexibility index (Phi) is 2.86. The molecule has 0 aromatic carbocycles. The van der Waals surface area contributed by atoms with E-state index in [4.69, 9.17) is 16.2 Å². The second-order valence-corrected chi connectivity index (χ2v) is 4.50. The van der Waals surface area contributed by atoms with Crippen LogP contribution in [-0.2, 0) is 14.3 Å². The lowest BCUT2D eigenvalue weighted by molar-refractivity contribution is -0.154. The van der Waals surface area contributed by atoms with E-state index < -0.39 is 17.5 Å². The van der Waals surface area contributed by atoms with E-state index in [1.165, 1.54) is 4.90 Å². The Labute approximate surface area is 93.9 Å². The van der Waals surface area contributed by atoms with Gasteiger partial charge in [0.1, 0.15) is 6.04 Å². The van der Waals surface area contributed by atoms with Gasteiger partial charge in [0.15, 0.2) is 0 Å². The van der Waals surface area contributed by atoms with Gasteiger partial charge in [-0.15, -0.1) is 0 Å². The maximum atomic E-state index is 12.2. The maximum Gasteiger partial charge on any atom is 0.243 e. The van der Waals surface area contributed by atoms with E-state index in [0.717, 1.165) is 6.42 Å². The highest BCUT2D eigenvalue weighted by Gasteiger charge is 2.45. The summed E-state index contributed by atoms with van der Waals surface area (Å²) in [6.07, 6.45) is 2.34. The molecule has 1 aliphatic heterocycles. The number of hydrogen-bond acceptors (Lipinski definition) is 4. The summed E-state index contributed by atoms with van der Waals surface area (Å²) in [7, 11) is 0. The number of hydrogen-bond donors (Lipinski definition) is 2. The van der Waals surface area contributed by atoms with Crippen molar-refractivity contribution in [1.82, 2.24) is 4.90 Å². The van der Waals surface area contributed by atoms with Crippen molar-refractivity contribution in [2.75, 3.05) is 19.8 Å². The molecule has 0 bridgehead atoms. The number of carbonyl (C=O) groups is 2. The van der Waals surface area contributed by atoms with Crippen molar-refractivity contribution in [1.29, 1.82) is 0 Å². The molecule has 1 heterocycles. The fourth-order valence-electron chi connectivity index (χ4n) is 2.14. The van der Waals surface area contributed by atoms with E-state index in [9.17, 15) is 9.59 Å². The monoisotopic (exact) mass is 227 g/mol. The van der Waals surface area contributed by atoms with Crippen molar-refractivity contribution < 1.29 is 14.3 Å².